The molecule has 3 N–H and O–H groups in total. The van der Waals surface area contributed by atoms with E-state index in [9.17, 15) is 9.59 Å². The molecule has 0 aliphatic rings. The first kappa shape index (κ1) is 18.4. The first-order chi connectivity index (χ1) is 11.6. The second-order valence-electron chi connectivity index (χ2n) is 5.30. The highest BCUT2D eigenvalue weighted by atomic mass is 127. The largest absolute Gasteiger partial charge is 0.368 e. The molecule has 24 heavy (non-hydrogen) atoms. The van der Waals surface area contributed by atoms with Crippen LogP contribution in [-0.2, 0) is 27.4 Å². The molecule has 0 unspecified atom stereocenters. The molecule has 2 aromatic carbocycles. The molecule has 2 aromatic rings. The van der Waals surface area contributed by atoms with Gasteiger partial charge in [-0.3, -0.25) is 9.59 Å². The maximum Gasteiger partial charge on any atom is 0.246 e. The van der Waals surface area contributed by atoms with Gasteiger partial charge in [0.05, 0.1) is 6.61 Å². The third kappa shape index (κ3) is 5.93. The summed E-state index contributed by atoms with van der Waals surface area (Å²) in [6, 6.07) is 16.5. The summed E-state index contributed by atoms with van der Waals surface area (Å²) in [4.78, 5) is 23.6. The van der Waals surface area contributed by atoms with Gasteiger partial charge in [0.2, 0.25) is 11.8 Å². The van der Waals surface area contributed by atoms with Crippen molar-refractivity contribution in [2.45, 2.75) is 19.1 Å². The molecule has 0 saturated heterocycles. The number of hydrogen-bond acceptors (Lipinski definition) is 3. The quantitative estimate of drug-likeness (QED) is 0.619. The minimum absolute atomic E-state index is 0.120. The first-order valence-corrected chi connectivity index (χ1v) is 8.58. The number of carbonyl (C=O) groups is 2. The Hall–Kier alpha value is -1.93. The van der Waals surface area contributed by atoms with Gasteiger partial charge in [0.1, 0.15) is 12.6 Å². The van der Waals surface area contributed by atoms with E-state index >= 15 is 0 Å². The van der Waals surface area contributed by atoms with Gasteiger partial charge in [-0.15, -0.1) is 0 Å². The van der Waals surface area contributed by atoms with Crippen LogP contribution in [0.5, 0.6) is 0 Å². The van der Waals surface area contributed by atoms with E-state index in [1.165, 1.54) is 0 Å². The van der Waals surface area contributed by atoms with E-state index in [0.717, 1.165) is 14.7 Å². The first-order valence-electron chi connectivity index (χ1n) is 7.50. The van der Waals surface area contributed by atoms with Crippen LogP contribution in [0.1, 0.15) is 11.1 Å². The van der Waals surface area contributed by atoms with E-state index in [2.05, 4.69) is 27.9 Å². The lowest BCUT2D eigenvalue weighted by molar-refractivity contribution is -0.130. The zero-order valence-corrected chi connectivity index (χ0v) is 15.2. The molecule has 6 heteroatoms. The van der Waals surface area contributed by atoms with Crippen LogP contribution in [0.15, 0.2) is 54.6 Å². The lowest BCUT2D eigenvalue weighted by atomic mass is 10.1. The molecule has 0 aliphatic heterocycles. The topological polar surface area (TPSA) is 81.4 Å². The van der Waals surface area contributed by atoms with Gasteiger partial charge in [0.25, 0.3) is 0 Å². The molecular formula is C18H19IN2O3. The highest BCUT2D eigenvalue weighted by molar-refractivity contribution is 14.1. The summed E-state index contributed by atoms with van der Waals surface area (Å²) in [7, 11) is 0. The Kier molecular flexibility index (Phi) is 7.20. The third-order valence-electron chi connectivity index (χ3n) is 3.41. The van der Waals surface area contributed by atoms with E-state index in [1.807, 2.05) is 54.6 Å². The Morgan fingerprint density at radius 1 is 1.08 bits per heavy atom. The van der Waals surface area contributed by atoms with Gasteiger partial charge >= 0.3 is 0 Å². The van der Waals surface area contributed by atoms with Gasteiger partial charge in [-0.05, 0) is 39.8 Å². The van der Waals surface area contributed by atoms with Crippen molar-refractivity contribution in [2.75, 3.05) is 6.61 Å². The second-order valence-corrected chi connectivity index (χ2v) is 6.46. The van der Waals surface area contributed by atoms with Crippen molar-refractivity contribution in [2.24, 2.45) is 5.73 Å². The molecule has 0 fully saturated rings. The molecule has 2 amide bonds. The minimum Gasteiger partial charge on any atom is -0.368 e. The summed E-state index contributed by atoms with van der Waals surface area (Å²) in [5, 5.41) is 2.64. The maximum absolute atomic E-state index is 12.0. The Morgan fingerprint density at radius 3 is 2.42 bits per heavy atom. The molecule has 0 radical (unpaired) electrons. The third-order valence-corrected chi connectivity index (χ3v) is 4.46. The van der Waals surface area contributed by atoms with Crippen LogP contribution in [0, 0.1) is 3.57 Å². The smallest absolute Gasteiger partial charge is 0.246 e. The van der Waals surface area contributed by atoms with Gasteiger partial charge in [-0.2, -0.15) is 0 Å². The highest BCUT2D eigenvalue weighted by Gasteiger charge is 2.19. The van der Waals surface area contributed by atoms with Crippen LogP contribution >= 0.6 is 22.6 Å². The fourth-order valence-corrected chi connectivity index (χ4v) is 2.79. The van der Waals surface area contributed by atoms with Gasteiger partial charge < -0.3 is 15.8 Å². The van der Waals surface area contributed by atoms with Crippen LogP contribution in [-0.4, -0.2) is 24.5 Å². The summed E-state index contributed by atoms with van der Waals surface area (Å²) >= 11 is 2.19. The number of nitrogens with two attached hydrogens (primary N) is 1. The zero-order valence-electron chi connectivity index (χ0n) is 13.1. The van der Waals surface area contributed by atoms with Crippen molar-refractivity contribution in [1.29, 1.82) is 0 Å². The van der Waals surface area contributed by atoms with E-state index < -0.39 is 11.9 Å². The molecule has 1 atom stereocenters. The van der Waals surface area contributed by atoms with Crippen molar-refractivity contribution in [3.8, 4) is 0 Å². The number of halogens is 1. The van der Waals surface area contributed by atoms with Gasteiger partial charge in [0.15, 0.2) is 0 Å². The Balaban J connectivity index is 1.85. The Labute approximate surface area is 154 Å². The molecule has 0 aliphatic carbocycles. The van der Waals surface area contributed by atoms with E-state index in [0.29, 0.717) is 13.0 Å². The summed E-state index contributed by atoms with van der Waals surface area (Å²) in [5.41, 5.74) is 7.35. The fraction of sp³-hybridized carbons (Fsp3) is 0.222. The number of nitrogens with one attached hydrogen (secondary N) is 1. The molecule has 0 bridgehead atoms. The number of ether oxygens (including phenoxy) is 1. The van der Waals surface area contributed by atoms with Crippen molar-refractivity contribution in [3.05, 3.63) is 69.3 Å². The predicted molar refractivity (Wildman–Crippen MR) is 100 cm³/mol. The van der Waals surface area contributed by atoms with Gasteiger partial charge in [-0.1, -0.05) is 48.5 Å². The van der Waals surface area contributed by atoms with Crippen LogP contribution in [0.25, 0.3) is 0 Å². The monoisotopic (exact) mass is 438 g/mol. The molecule has 2 rings (SSSR count). The predicted octanol–water partition coefficient (Wildman–Crippen LogP) is 2.02. The van der Waals surface area contributed by atoms with E-state index in [1.54, 1.807) is 0 Å². The summed E-state index contributed by atoms with van der Waals surface area (Å²) in [5.74, 6) is -0.924. The van der Waals surface area contributed by atoms with Crippen molar-refractivity contribution in [1.82, 2.24) is 5.32 Å². The Bertz CT molecular complexity index is 692. The molecule has 5 nitrogen and oxygen atoms in total. The second kappa shape index (κ2) is 9.39. The van der Waals surface area contributed by atoms with Crippen LogP contribution in [0.2, 0.25) is 0 Å². The Morgan fingerprint density at radius 2 is 1.75 bits per heavy atom. The average Bonchev–Trinajstić information content (AvgIpc) is 2.57. The number of benzene rings is 2. The fourth-order valence-electron chi connectivity index (χ4n) is 2.18. The van der Waals surface area contributed by atoms with Crippen LogP contribution in [0.3, 0.4) is 0 Å². The number of carbonyl (C=O) groups excluding carboxylic acids is 2. The highest BCUT2D eigenvalue weighted by Crippen LogP contribution is 2.13. The van der Waals surface area contributed by atoms with Gasteiger partial charge in [0, 0.05) is 9.99 Å². The SMILES string of the molecule is NC(=O)[C@H](Cc1ccccc1I)NC(=O)COCc1ccccc1. The lowest BCUT2D eigenvalue weighted by Crippen LogP contribution is -2.47. The number of rotatable bonds is 8. The maximum atomic E-state index is 12.0. The minimum atomic E-state index is -0.756. The molecule has 0 spiro atoms. The van der Waals surface area contributed by atoms with Gasteiger partial charge in [-0.25, -0.2) is 0 Å². The van der Waals surface area contributed by atoms with Crippen LogP contribution in [0.4, 0.5) is 0 Å². The average molecular weight is 438 g/mol. The number of amides is 2. The van der Waals surface area contributed by atoms with E-state index in [-0.39, 0.29) is 12.5 Å². The molecular weight excluding hydrogens is 419 g/mol. The number of hydrogen-bond donors (Lipinski definition) is 2. The molecule has 0 heterocycles. The zero-order chi connectivity index (χ0) is 17.4. The molecule has 0 saturated carbocycles. The molecule has 0 aromatic heterocycles. The summed E-state index contributed by atoms with van der Waals surface area (Å²) in [6.07, 6.45) is 0.360. The standard InChI is InChI=1S/C18H19IN2O3/c19-15-9-5-4-8-14(15)10-16(18(20)23)21-17(22)12-24-11-13-6-2-1-3-7-13/h1-9,16H,10-12H2,(H2,20,23)(H,21,22)/t16-/m0/s1. The van der Waals surface area contributed by atoms with Crippen LogP contribution < -0.4 is 11.1 Å². The lowest BCUT2D eigenvalue weighted by Gasteiger charge is -2.16. The number of primary amides is 1. The summed E-state index contributed by atoms with van der Waals surface area (Å²) < 4.78 is 6.39. The van der Waals surface area contributed by atoms with Crippen molar-refractivity contribution >= 4 is 34.4 Å². The van der Waals surface area contributed by atoms with Crippen molar-refractivity contribution in [3.63, 3.8) is 0 Å². The van der Waals surface area contributed by atoms with Crippen molar-refractivity contribution < 1.29 is 14.3 Å². The summed E-state index contributed by atoms with van der Waals surface area (Å²) in [6.45, 7) is 0.219. The van der Waals surface area contributed by atoms with E-state index in [4.69, 9.17) is 10.5 Å². The normalized spacial score (nSPS) is 11.7. The molecule has 126 valence electrons.